The Balaban J connectivity index is 1.65. The van der Waals surface area contributed by atoms with Gasteiger partial charge in [-0.25, -0.2) is 0 Å². The third kappa shape index (κ3) is 3.61. The molecule has 1 aromatic carbocycles. The summed E-state index contributed by atoms with van der Waals surface area (Å²) >= 11 is 0. The minimum absolute atomic E-state index is 0.0489. The standard InChI is InChI=1S/C19H27N3O2/c1-22(2)18(24)16(12-14-6-4-3-5-7-14)21-17(23)15-13-19(15)8-10-20-11-9-19/h3-7,15-16,20H,8-13H2,1-2H3,(H,21,23). The number of piperidine rings is 1. The van der Waals surface area contributed by atoms with Gasteiger partial charge >= 0.3 is 0 Å². The van der Waals surface area contributed by atoms with E-state index in [0.29, 0.717) is 6.42 Å². The summed E-state index contributed by atoms with van der Waals surface area (Å²) in [6, 6.07) is 9.37. The molecule has 1 aliphatic heterocycles. The Morgan fingerprint density at radius 1 is 1.25 bits per heavy atom. The lowest BCUT2D eigenvalue weighted by atomic mass is 9.91. The topological polar surface area (TPSA) is 61.4 Å². The van der Waals surface area contributed by atoms with Crippen molar-refractivity contribution in [3.05, 3.63) is 35.9 Å². The van der Waals surface area contributed by atoms with Crippen LogP contribution < -0.4 is 10.6 Å². The van der Waals surface area contributed by atoms with E-state index in [0.717, 1.165) is 37.9 Å². The molecule has 5 heteroatoms. The van der Waals surface area contributed by atoms with Crippen LogP contribution in [0.3, 0.4) is 0 Å². The molecule has 1 heterocycles. The lowest BCUT2D eigenvalue weighted by Gasteiger charge is -2.25. The van der Waals surface area contributed by atoms with Gasteiger partial charge in [-0.1, -0.05) is 30.3 Å². The fraction of sp³-hybridized carbons (Fsp3) is 0.579. The number of carbonyl (C=O) groups excluding carboxylic acids is 2. The van der Waals surface area contributed by atoms with Crippen LogP contribution in [0.5, 0.6) is 0 Å². The Morgan fingerprint density at radius 2 is 1.92 bits per heavy atom. The maximum absolute atomic E-state index is 12.7. The highest BCUT2D eigenvalue weighted by atomic mass is 16.2. The molecule has 0 radical (unpaired) electrons. The molecule has 5 nitrogen and oxygen atoms in total. The van der Waals surface area contributed by atoms with Gasteiger partial charge in [-0.15, -0.1) is 0 Å². The number of nitrogens with one attached hydrogen (secondary N) is 2. The molecule has 130 valence electrons. The monoisotopic (exact) mass is 329 g/mol. The normalized spacial score (nSPS) is 22.7. The summed E-state index contributed by atoms with van der Waals surface area (Å²) in [6.07, 6.45) is 3.63. The van der Waals surface area contributed by atoms with Crippen LogP contribution in [0.4, 0.5) is 0 Å². The number of amides is 2. The number of likely N-dealkylation sites (N-methyl/N-ethyl adjacent to an activating group) is 1. The van der Waals surface area contributed by atoms with Crippen LogP contribution in [-0.2, 0) is 16.0 Å². The maximum atomic E-state index is 12.7. The van der Waals surface area contributed by atoms with Crippen molar-refractivity contribution in [2.24, 2.45) is 11.3 Å². The molecule has 1 aromatic rings. The van der Waals surface area contributed by atoms with Gasteiger partial charge in [-0.3, -0.25) is 9.59 Å². The molecule has 3 rings (SSSR count). The zero-order chi connectivity index (χ0) is 17.2. The van der Waals surface area contributed by atoms with Gasteiger partial charge in [0, 0.05) is 26.4 Å². The van der Waals surface area contributed by atoms with Crippen molar-refractivity contribution < 1.29 is 9.59 Å². The highest BCUT2D eigenvalue weighted by Gasteiger charge is 2.57. The highest BCUT2D eigenvalue weighted by Crippen LogP contribution is 2.58. The molecule has 2 N–H and O–H groups in total. The summed E-state index contributed by atoms with van der Waals surface area (Å²) in [5, 5.41) is 6.38. The molecule has 0 aromatic heterocycles. The summed E-state index contributed by atoms with van der Waals surface area (Å²) in [7, 11) is 3.47. The van der Waals surface area contributed by atoms with Crippen LogP contribution in [0.15, 0.2) is 30.3 Å². The molecule has 1 saturated heterocycles. The molecule has 1 spiro atoms. The van der Waals surface area contributed by atoms with E-state index in [1.54, 1.807) is 19.0 Å². The average Bonchev–Trinajstić information content (AvgIpc) is 3.28. The van der Waals surface area contributed by atoms with Crippen LogP contribution in [0.1, 0.15) is 24.8 Å². The second-order valence-corrected chi connectivity index (χ2v) is 7.35. The highest BCUT2D eigenvalue weighted by molar-refractivity contribution is 5.90. The van der Waals surface area contributed by atoms with Crippen molar-refractivity contribution in [1.82, 2.24) is 15.5 Å². The van der Waals surface area contributed by atoms with Crippen molar-refractivity contribution in [2.75, 3.05) is 27.2 Å². The van der Waals surface area contributed by atoms with Gasteiger partial charge in [-0.05, 0) is 43.3 Å². The van der Waals surface area contributed by atoms with E-state index < -0.39 is 6.04 Å². The van der Waals surface area contributed by atoms with Gasteiger partial charge < -0.3 is 15.5 Å². The number of rotatable bonds is 5. The molecule has 1 aliphatic carbocycles. The summed E-state index contributed by atoms with van der Waals surface area (Å²) < 4.78 is 0. The Labute approximate surface area is 143 Å². The van der Waals surface area contributed by atoms with E-state index in [1.165, 1.54) is 0 Å². The lowest BCUT2D eigenvalue weighted by Crippen LogP contribution is -2.48. The molecule has 2 atom stereocenters. The molecule has 2 fully saturated rings. The fourth-order valence-electron chi connectivity index (χ4n) is 3.83. The largest absolute Gasteiger partial charge is 0.347 e. The predicted molar refractivity (Wildman–Crippen MR) is 93.4 cm³/mol. The first-order valence-corrected chi connectivity index (χ1v) is 8.78. The van der Waals surface area contributed by atoms with Gasteiger partial charge in [0.1, 0.15) is 6.04 Å². The lowest BCUT2D eigenvalue weighted by molar-refractivity contribution is -0.135. The number of hydrogen-bond acceptors (Lipinski definition) is 3. The third-order valence-corrected chi connectivity index (χ3v) is 5.44. The van der Waals surface area contributed by atoms with Crippen molar-refractivity contribution in [3.63, 3.8) is 0 Å². The SMILES string of the molecule is CN(C)C(=O)C(Cc1ccccc1)NC(=O)C1CC12CCNCC2. The molecular weight excluding hydrogens is 302 g/mol. The quantitative estimate of drug-likeness (QED) is 0.853. The predicted octanol–water partition coefficient (Wildman–Crippen LogP) is 1.19. The zero-order valence-corrected chi connectivity index (χ0v) is 14.5. The van der Waals surface area contributed by atoms with E-state index in [4.69, 9.17) is 0 Å². The van der Waals surface area contributed by atoms with Gasteiger partial charge in [0.2, 0.25) is 11.8 Å². The Morgan fingerprint density at radius 3 is 2.54 bits per heavy atom. The van der Waals surface area contributed by atoms with Crippen LogP contribution in [0.25, 0.3) is 0 Å². The first-order valence-electron chi connectivity index (χ1n) is 8.78. The smallest absolute Gasteiger partial charge is 0.244 e. The average molecular weight is 329 g/mol. The first kappa shape index (κ1) is 17.0. The van der Waals surface area contributed by atoms with Gasteiger partial charge in [0.25, 0.3) is 0 Å². The minimum Gasteiger partial charge on any atom is -0.347 e. The summed E-state index contributed by atoms with van der Waals surface area (Å²) in [5.41, 5.74) is 1.25. The summed E-state index contributed by atoms with van der Waals surface area (Å²) in [4.78, 5) is 26.8. The number of nitrogens with zero attached hydrogens (tertiary/aromatic N) is 1. The fourth-order valence-corrected chi connectivity index (χ4v) is 3.83. The van der Waals surface area contributed by atoms with E-state index >= 15 is 0 Å². The van der Waals surface area contributed by atoms with E-state index in [9.17, 15) is 9.59 Å². The Hall–Kier alpha value is -1.88. The zero-order valence-electron chi connectivity index (χ0n) is 14.5. The van der Waals surface area contributed by atoms with E-state index in [1.807, 2.05) is 30.3 Å². The maximum Gasteiger partial charge on any atom is 0.244 e. The second-order valence-electron chi connectivity index (χ2n) is 7.35. The van der Waals surface area contributed by atoms with Crippen LogP contribution >= 0.6 is 0 Å². The number of carbonyl (C=O) groups is 2. The third-order valence-electron chi connectivity index (χ3n) is 5.44. The molecule has 0 bridgehead atoms. The Bertz CT molecular complexity index is 594. The van der Waals surface area contributed by atoms with Crippen molar-refractivity contribution in [1.29, 1.82) is 0 Å². The minimum atomic E-state index is -0.491. The molecule has 24 heavy (non-hydrogen) atoms. The first-order chi connectivity index (χ1) is 11.5. The summed E-state index contributed by atoms with van der Waals surface area (Å²) in [5.74, 6) is 0.0769. The van der Waals surface area contributed by atoms with Gasteiger partial charge in [-0.2, -0.15) is 0 Å². The number of benzene rings is 1. The van der Waals surface area contributed by atoms with Crippen LogP contribution in [0.2, 0.25) is 0 Å². The van der Waals surface area contributed by atoms with E-state index in [-0.39, 0.29) is 23.1 Å². The molecule has 2 unspecified atom stereocenters. The molecule has 1 saturated carbocycles. The van der Waals surface area contributed by atoms with Crippen molar-refractivity contribution in [2.45, 2.75) is 31.7 Å². The Kier molecular flexibility index (Phi) is 4.90. The van der Waals surface area contributed by atoms with Gasteiger partial charge in [0.15, 0.2) is 0 Å². The van der Waals surface area contributed by atoms with E-state index in [2.05, 4.69) is 10.6 Å². The van der Waals surface area contributed by atoms with Crippen molar-refractivity contribution >= 4 is 11.8 Å². The number of hydrogen-bond donors (Lipinski definition) is 2. The second kappa shape index (κ2) is 6.93. The molecule has 2 amide bonds. The van der Waals surface area contributed by atoms with Gasteiger partial charge in [0.05, 0.1) is 0 Å². The molecule has 2 aliphatic rings. The van der Waals surface area contributed by atoms with Crippen LogP contribution in [-0.4, -0.2) is 49.9 Å². The van der Waals surface area contributed by atoms with Crippen molar-refractivity contribution in [3.8, 4) is 0 Å². The summed E-state index contributed by atoms with van der Waals surface area (Å²) in [6.45, 7) is 1.99. The molecular formula is C19H27N3O2. The van der Waals surface area contributed by atoms with Crippen LogP contribution in [0, 0.1) is 11.3 Å².